The third-order valence-electron chi connectivity index (χ3n) is 3.07. The van der Waals surface area contributed by atoms with Gasteiger partial charge in [0.1, 0.15) is 0 Å². The maximum Gasteiger partial charge on any atom is 2.00 e. The number of rotatable bonds is 9. The topological polar surface area (TPSA) is 0 Å². The SMILES string of the molecule is CCCCCCCCCCc1[c-]cccc1.[Cl-].[Mg+2]. The minimum atomic E-state index is 0. The van der Waals surface area contributed by atoms with Crippen LogP contribution in [0.15, 0.2) is 24.3 Å². The number of benzene rings is 1. The van der Waals surface area contributed by atoms with Gasteiger partial charge in [-0.15, -0.1) is 0 Å². The van der Waals surface area contributed by atoms with E-state index in [0.717, 1.165) is 0 Å². The summed E-state index contributed by atoms with van der Waals surface area (Å²) in [6.07, 6.45) is 12.4. The van der Waals surface area contributed by atoms with Crippen LogP contribution in [0.25, 0.3) is 0 Å². The Morgan fingerprint density at radius 3 is 2.06 bits per heavy atom. The van der Waals surface area contributed by atoms with Crippen molar-refractivity contribution < 1.29 is 12.4 Å². The number of hydrogen-bond donors (Lipinski definition) is 0. The van der Waals surface area contributed by atoms with E-state index < -0.39 is 0 Å². The van der Waals surface area contributed by atoms with Crippen molar-refractivity contribution >= 4 is 23.1 Å². The molecule has 0 bridgehead atoms. The summed E-state index contributed by atoms with van der Waals surface area (Å²) < 4.78 is 0. The van der Waals surface area contributed by atoms with Crippen LogP contribution in [0, 0.1) is 6.07 Å². The molecule has 0 saturated carbocycles. The first kappa shape index (κ1) is 20.6. The molecule has 2 heteroatoms. The monoisotopic (exact) mass is 276 g/mol. The molecule has 0 nitrogen and oxygen atoms in total. The first-order chi connectivity index (χ1) is 7.93. The standard InChI is InChI=1S/C16H25.ClH.Mg/c1-2-3-4-5-6-7-8-10-13-16-14-11-9-12-15-16;;/h9,11-12,14H,2-8,10,13H2,1H3;1H;/q-1;;+2/p-1. The van der Waals surface area contributed by atoms with Crippen LogP contribution in [0.1, 0.15) is 63.9 Å². The fourth-order valence-electron chi connectivity index (χ4n) is 2.04. The number of hydrogen-bond acceptors (Lipinski definition) is 0. The molecule has 0 aliphatic carbocycles. The van der Waals surface area contributed by atoms with E-state index in [1.807, 2.05) is 12.1 Å². The quantitative estimate of drug-likeness (QED) is 0.367. The minimum absolute atomic E-state index is 0. The molecule has 0 spiro atoms. The average Bonchev–Trinajstić information content (AvgIpc) is 2.34. The van der Waals surface area contributed by atoms with E-state index in [9.17, 15) is 0 Å². The van der Waals surface area contributed by atoms with Gasteiger partial charge in [0, 0.05) is 0 Å². The Morgan fingerprint density at radius 1 is 0.889 bits per heavy atom. The Labute approximate surface area is 136 Å². The second kappa shape index (κ2) is 15.3. The van der Waals surface area contributed by atoms with Crippen LogP contribution < -0.4 is 12.4 Å². The number of halogens is 1. The summed E-state index contributed by atoms with van der Waals surface area (Å²) >= 11 is 0. The van der Waals surface area contributed by atoms with Gasteiger partial charge < -0.3 is 12.4 Å². The molecule has 0 fully saturated rings. The van der Waals surface area contributed by atoms with Crippen molar-refractivity contribution in [3.63, 3.8) is 0 Å². The molecular formula is C16H25ClMg. The molecule has 0 atom stereocenters. The molecule has 0 saturated heterocycles. The van der Waals surface area contributed by atoms with Crippen LogP contribution in [0.5, 0.6) is 0 Å². The first-order valence-electron chi connectivity index (χ1n) is 6.89. The summed E-state index contributed by atoms with van der Waals surface area (Å²) in [5, 5.41) is 0. The predicted octanol–water partition coefficient (Wildman–Crippen LogP) is 1.79. The summed E-state index contributed by atoms with van der Waals surface area (Å²) in [4.78, 5) is 0. The first-order valence-corrected chi connectivity index (χ1v) is 6.89. The van der Waals surface area contributed by atoms with Crippen molar-refractivity contribution in [1.29, 1.82) is 0 Å². The predicted molar refractivity (Wildman–Crippen MR) is 77.3 cm³/mol. The van der Waals surface area contributed by atoms with E-state index in [1.165, 1.54) is 63.4 Å². The Hall–Kier alpha value is 0.276. The molecule has 0 aliphatic rings. The molecule has 0 radical (unpaired) electrons. The van der Waals surface area contributed by atoms with E-state index in [4.69, 9.17) is 0 Å². The summed E-state index contributed by atoms with van der Waals surface area (Å²) in [5.74, 6) is 0. The Bertz CT molecular complexity index is 249. The van der Waals surface area contributed by atoms with Crippen LogP contribution in [-0.4, -0.2) is 23.1 Å². The molecule has 0 heterocycles. The largest absolute Gasteiger partial charge is 2.00 e. The van der Waals surface area contributed by atoms with Gasteiger partial charge in [0.25, 0.3) is 0 Å². The molecule has 0 aliphatic heterocycles. The van der Waals surface area contributed by atoms with Crippen LogP contribution >= 0.6 is 0 Å². The van der Waals surface area contributed by atoms with E-state index in [0.29, 0.717) is 0 Å². The van der Waals surface area contributed by atoms with E-state index in [-0.39, 0.29) is 35.5 Å². The van der Waals surface area contributed by atoms with Gasteiger partial charge in [-0.05, 0) is 0 Å². The third kappa shape index (κ3) is 11.4. The molecular weight excluding hydrogens is 252 g/mol. The van der Waals surface area contributed by atoms with Gasteiger partial charge in [0.15, 0.2) is 0 Å². The maximum absolute atomic E-state index is 3.29. The van der Waals surface area contributed by atoms with E-state index >= 15 is 0 Å². The molecule has 18 heavy (non-hydrogen) atoms. The van der Waals surface area contributed by atoms with Crippen molar-refractivity contribution in [2.24, 2.45) is 0 Å². The Kier molecular flexibility index (Phi) is 17.5. The Morgan fingerprint density at radius 2 is 1.50 bits per heavy atom. The van der Waals surface area contributed by atoms with Crippen molar-refractivity contribution in [2.45, 2.75) is 64.7 Å². The summed E-state index contributed by atoms with van der Waals surface area (Å²) in [7, 11) is 0. The van der Waals surface area contributed by atoms with Crippen LogP contribution in [0.4, 0.5) is 0 Å². The fourth-order valence-corrected chi connectivity index (χ4v) is 2.04. The van der Waals surface area contributed by atoms with Gasteiger partial charge >= 0.3 is 23.1 Å². The normalized spacial score (nSPS) is 9.39. The van der Waals surface area contributed by atoms with Crippen molar-refractivity contribution in [2.75, 3.05) is 0 Å². The molecule has 1 aromatic rings. The average molecular weight is 277 g/mol. The zero-order valence-corrected chi connectivity index (χ0v) is 13.9. The van der Waals surface area contributed by atoms with Crippen LogP contribution in [-0.2, 0) is 6.42 Å². The molecule has 1 rings (SSSR count). The zero-order valence-electron chi connectivity index (χ0n) is 11.8. The second-order valence-corrected chi connectivity index (χ2v) is 4.61. The third-order valence-corrected chi connectivity index (χ3v) is 3.07. The van der Waals surface area contributed by atoms with Crippen molar-refractivity contribution in [1.82, 2.24) is 0 Å². The fraction of sp³-hybridized carbons (Fsp3) is 0.625. The number of unbranched alkanes of at least 4 members (excludes halogenated alkanes) is 7. The van der Waals surface area contributed by atoms with Crippen LogP contribution in [0.3, 0.4) is 0 Å². The van der Waals surface area contributed by atoms with Gasteiger partial charge in [-0.1, -0.05) is 64.7 Å². The number of aryl methyl sites for hydroxylation is 1. The molecule has 0 aromatic heterocycles. The molecule has 98 valence electrons. The molecule has 0 unspecified atom stereocenters. The summed E-state index contributed by atoms with van der Waals surface area (Å²) in [5.41, 5.74) is 1.37. The van der Waals surface area contributed by atoms with Gasteiger partial charge in [-0.25, -0.2) is 0 Å². The van der Waals surface area contributed by atoms with Gasteiger partial charge in [-0.2, -0.15) is 35.9 Å². The van der Waals surface area contributed by atoms with Gasteiger partial charge in [-0.3, -0.25) is 0 Å². The molecule has 1 aromatic carbocycles. The molecule has 0 N–H and O–H groups in total. The second-order valence-electron chi connectivity index (χ2n) is 4.61. The summed E-state index contributed by atoms with van der Waals surface area (Å²) in [6, 6.07) is 11.6. The van der Waals surface area contributed by atoms with Crippen LogP contribution in [0.2, 0.25) is 0 Å². The van der Waals surface area contributed by atoms with Gasteiger partial charge in [0.2, 0.25) is 0 Å². The van der Waals surface area contributed by atoms with E-state index in [1.54, 1.807) is 0 Å². The van der Waals surface area contributed by atoms with Crippen molar-refractivity contribution in [3.8, 4) is 0 Å². The maximum atomic E-state index is 3.29. The molecule has 0 amide bonds. The van der Waals surface area contributed by atoms with Gasteiger partial charge in [0.05, 0.1) is 0 Å². The zero-order chi connectivity index (χ0) is 11.5. The minimum Gasteiger partial charge on any atom is -1.00 e. The van der Waals surface area contributed by atoms with Crippen molar-refractivity contribution in [3.05, 3.63) is 35.9 Å². The van der Waals surface area contributed by atoms with E-state index in [2.05, 4.69) is 25.1 Å². The smallest absolute Gasteiger partial charge is 1.00 e. The summed E-state index contributed by atoms with van der Waals surface area (Å²) in [6.45, 7) is 2.27. The Balaban J connectivity index is 0.